The molecule has 0 unspecified atom stereocenters. The van der Waals surface area contributed by atoms with Gasteiger partial charge in [0, 0.05) is 12.1 Å². The van der Waals surface area contributed by atoms with Gasteiger partial charge in [0.05, 0.1) is 0 Å². The second-order valence-electron chi connectivity index (χ2n) is 5.88. The van der Waals surface area contributed by atoms with Crippen LogP contribution in [0.4, 0.5) is 5.69 Å². The Morgan fingerprint density at radius 3 is 2.70 bits per heavy atom. The van der Waals surface area contributed by atoms with Crippen LogP contribution in [0.25, 0.3) is 0 Å². The van der Waals surface area contributed by atoms with Gasteiger partial charge in [0.25, 0.3) is 0 Å². The zero-order valence-electron chi connectivity index (χ0n) is 13.5. The summed E-state index contributed by atoms with van der Waals surface area (Å²) >= 11 is 0. The number of ether oxygens (including phenoxy) is 2. The molecule has 1 N–H and O–H groups in total. The number of rotatable bonds is 4. The van der Waals surface area contributed by atoms with E-state index in [4.69, 9.17) is 9.47 Å². The summed E-state index contributed by atoms with van der Waals surface area (Å²) in [6, 6.07) is 13.5. The zero-order valence-corrected chi connectivity index (χ0v) is 13.5. The first-order chi connectivity index (χ1) is 11.1. The number of carbonyl (C=O) groups excluding carboxylic acids is 1. The summed E-state index contributed by atoms with van der Waals surface area (Å²) in [4.78, 5) is 12.1. The summed E-state index contributed by atoms with van der Waals surface area (Å²) in [7, 11) is 0. The largest absolute Gasteiger partial charge is 0.486 e. The molecule has 23 heavy (non-hydrogen) atoms. The molecular weight excluding hydrogens is 290 g/mol. The highest BCUT2D eigenvalue weighted by molar-refractivity contribution is 5.90. The molecule has 120 valence electrons. The molecule has 1 heterocycles. The summed E-state index contributed by atoms with van der Waals surface area (Å²) in [5.41, 5.74) is 3.22. The molecule has 2 aromatic rings. The number of fused-ring (bicyclic) bond motifs is 1. The Morgan fingerprint density at radius 1 is 1.13 bits per heavy atom. The van der Waals surface area contributed by atoms with Crippen molar-refractivity contribution < 1.29 is 14.3 Å². The molecule has 1 aliphatic heterocycles. The van der Waals surface area contributed by atoms with Gasteiger partial charge < -0.3 is 14.8 Å². The van der Waals surface area contributed by atoms with E-state index in [-0.39, 0.29) is 12.0 Å². The van der Waals surface area contributed by atoms with E-state index in [0.29, 0.717) is 19.4 Å². The molecule has 4 heteroatoms. The Balaban J connectivity index is 1.51. The van der Waals surface area contributed by atoms with Crippen molar-refractivity contribution in [2.75, 3.05) is 11.9 Å². The number of amides is 1. The maximum Gasteiger partial charge on any atom is 0.224 e. The van der Waals surface area contributed by atoms with Crippen molar-refractivity contribution in [1.82, 2.24) is 0 Å². The van der Waals surface area contributed by atoms with E-state index >= 15 is 0 Å². The van der Waals surface area contributed by atoms with E-state index in [0.717, 1.165) is 17.2 Å². The number of para-hydroxylation sites is 2. The number of hydrogen-bond donors (Lipinski definition) is 1. The molecule has 0 fully saturated rings. The van der Waals surface area contributed by atoms with Crippen LogP contribution >= 0.6 is 0 Å². The summed E-state index contributed by atoms with van der Waals surface area (Å²) in [5.74, 6) is 1.51. The molecule has 0 saturated heterocycles. The van der Waals surface area contributed by atoms with Crippen molar-refractivity contribution >= 4 is 11.6 Å². The molecule has 4 nitrogen and oxygen atoms in total. The first kappa shape index (κ1) is 15.4. The lowest BCUT2D eigenvalue weighted by Crippen LogP contribution is -2.30. The predicted octanol–water partition coefficient (Wildman–Crippen LogP) is 3.86. The molecule has 0 saturated carbocycles. The Bertz CT molecular complexity index is 712. The van der Waals surface area contributed by atoms with Gasteiger partial charge in [-0.2, -0.15) is 0 Å². The molecule has 0 radical (unpaired) electrons. The van der Waals surface area contributed by atoms with Crippen molar-refractivity contribution in [3.63, 3.8) is 0 Å². The van der Waals surface area contributed by atoms with Crippen LogP contribution < -0.4 is 14.8 Å². The summed E-state index contributed by atoms with van der Waals surface area (Å²) < 4.78 is 11.5. The van der Waals surface area contributed by atoms with Crippen LogP contribution in [0.5, 0.6) is 11.5 Å². The number of aryl methyl sites for hydroxylation is 2. The molecule has 0 spiro atoms. The fourth-order valence-corrected chi connectivity index (χ4v) is 2.54. The smallest absolute Gasteiger partial charge is 0.224 e. The van der Waals surface area contributed by atoms with Crippen LogP contribution in [0.1, 0.15) is 24.0 Å². The predicted molar refractivity (Wildman–Crippen MR) is 90.1 cm³/mol. The van der Waals surface area contributed by atoms with Crippen LogP contribution in [0, 0.1) is 13.8 Å². The van der Waals surface area contributed by atoms with Crippen LogP contribution in [-0.2, 0) is 4.79 Å². The lowest BCUT2D eigenvalue weighted by atomic mass is 10.1. The highest BCUT2D eigenvalue weighted by Gasteiger charge is 2.21. The first-order valence-corrected chi connectivity index (χ1v) is 7.87. The van der Waals surface area contributed by atoms with Gasteiger partial charge in [0.15, 0.2) is 11.5 Å². The van der Waals surface area contributed by atoms with Crippen molar-refractivity contribution in [1.29, 1.82) is 0 Å². The summed E-state index contributed by atoms with van der Waals surface area (Å²) in [6.45, 7) is 4.57. The van der Waals surface area contributed by atoms with E-state index < -0.39 is 0 Å². The number of carbonyl (C=O) groups is 1. The van der Waals surface area contributed by atoms with Gasteiger partial charge >= 0.3 is 0 Å². The number of anilines is 1. The van der Waals surface area contributed by atoms with Gasteiger partial charge in [0.2, 0.25) is 5.91 Å². The fraction of sp³-hybridized carbons (Fsp3) is 0.316. The monoisotopic (exact) mass is 311 g/mol. The number of hydrogen-bond acceptors (Lipinski definition) is 3. The number of nitrogens with one attached hydrogen (secondary N) is 1. The van der Waals surface area contributed by atoms with Crippen LogP contribution in [-0.4, -0.2) is 18.6 Å². The molecule has 1 amide bonds. The molecule has 0 aromatic heterocycles. The Hall–Kier alpha value is -2.49. The molecule has 0 aliphatic carbocycles. The Labute approximate surface area is 136 Å². The minimum Gasteiger partial charge on any atom is -0.486 e. The van der Waals surface area contributed by atoms with Gasteiger partial charge in [-0.25, -0.2) is 0 Å². The Morgan fingerprint density at radius 2 is 1.91 bits per heavy atom. The second kappa shape index (κ2) is 6.73. The van der Waals surface area contributed by atoms with Gasteiger partial charge in [-0.05, 0) is 55.7 Å². The topological polar surface area (TPSA) is 47.6 Å². The van der Waals surface area contributed by atoms with Crippen molar-refractivity contribution in [3.05, 3.63) is 53.6 Å². The first-order valence-electron chi connectivity index (χ1n) is 7.87. The van der Waals surface area contributed by atoms with Gasteiger partial charge in [-0.15, -0.1) is 0 Å². The highest BCUT2D eigenvalue weighted by atomic mass is 16.6. The van der Waals surface area contributed by atoms with Gasteiger partial charge in [0.1, 0.15) is 12.7 Å². The van der Waals surface area contributed by atoms with Crippen molar-refractivity contribution in [2.45, 2.75) is 32.8 Å². The van der Waals surface area contributed by atoms with Crippen molar-refractivity contribution in [2.24, 2.45) is 0 Å². The maximum atomic E-state index is 12.1. The van der Waals surface area contributed by atoms with E-state index in [1.165, 1.54) is 11.1 Å². The molecule has 3 rings (SSSR count). The van der Waals surface area contributed by atoms with Crippen LogP contribution in [0.15, 0.2) is 42.5 Å². The highest BCUT2D eigenvalue weighted by Crippen LogP contribution is 2.31. The molecule has 0 bridgehead atoms. The van der Waals surface area contributed by atoms with E-state index in [1.807, 2.05) is 49.4 Å². The third kappa shape index (κ3) is 3.83. The molecule has 1 aliphatic rings. The van der Waals surface area contributed by atoms with E-state index in [9.17, 15) is 4.79 Å². The average Bonchev–Trinajstić information content (AvgIpc) is 2.56. The molecule has 1 atom stereocenters. The third-order valence-corrected chi connectivity index (χ3v) is 4.05. The molecular formula is C19H21NO3. The van der Waals surface area contributed by atoms with Crippen LogP contribution in [0.2, 0.25) is 0 Å². The molecule has 2 aromatic carbocycles. The van der Waals surface area contributed by atoms with Crippen LogP contribution in [0.3, 0.4) is 0 Å². The Kier molecular flexibility index (Phi) is 4.51. The van der Waals surface area contributed by atoms with E-state index in [1.54, 1.807) is 0 Å². The maximum absolute atomic E-state index is 12.1. The van der Waals surface area contributed by atoms with Gasteiger partial charge in [-0.1, -0.05) is 18.2 Å². The average molecular weight is 311 g/mol. The second-order valence-corrected chi connectivity index (χ2v) is 5.88. The summed E-state index contributed by atoms with van der Waals surface area (Å²) in [6.07, 6.45) is 0.948. The zero-order chi connectivity index (χ0) is 16.2. The minimum absolute atomic E-state index is 0.00397. The van der Waals surface area contributed by atoms with Crippen molar-refractivity contribution in [3.8, 4) is 11.5 Å². The van der Waals surface area contributed by atoms with E-state index in [2.05, 4.69) is 12.2 Å². The summed E-state index contributed by atoms with van der Waals surface area (Å²) in [5, 5.41) is 2.93. The lowest BCUT2D eigenvalue weighted by Gasteiger charge is -2.26. The SMILES string of the molecule is Cc1ccc(NC(=O)CC[C@H]2COc3ccccc3O2)cc1C. The number of benzene rings is 2. The third-order valence-electron chi connectivity index (χ3n) is 4.05. The quantitative estimate of drug-likeness (QED) is 0.932. The normalized spacial score (nSPS) is 16.0. The minimum atomic E-state index is -0.0876. The fourth-order valence-electron chi connectivity index (χ4n) is 2.54. The van der Waals surface area contributed by atoms with Gasteiger partial charge in [-0.3, -0.25) is 4.79 Å². The standard InChI is InChI=1S/C19H21NO3/c1-13-7-8-15(11-14(13)2)20-19(21)10-9-16-12-22-17-5-3-4-6-18(17)23-16/h3-8,11,16H,9-10,12H2,1-2H3,(H,20,21)/t16-/m0/s1. The lowest BCUT2D eigenvalue weighted by molar-refractivity contribution is -0.116.